The van der Waals surface area contributed by atoms with Crippen LogP contribution in [0, 0.1) is 5.92 Å². The van der Waals surface area contributed by atoms with Gasteiger partial charge in [0.1, 0.15) is 6.04 Å². The Morgan fingerprint density at radius 3 is 2.47 bits per heavy atom. The summed E-state index contributed by atoms with van der Waals surface area (Å²) in [7, 11) is 0. The molecular formula is C11H20N2O2. The Labute approximate surface area is 91.0 Å². The van der Waals surface area contributed by atoms with Gasteiger partial charge in [0, 0.05) is 6.04 Å². The first-order chi connectivity index (χ1) is 6.97. The molecule has 2 amide bonds. The highest BCUT2D eigenvalue weighted by Crippen LogP contribution is 2.15. The van der Waals surface area contributed by atoms with Gasteiger partial charge in [-0.05, 0) is 19.8 Å². The van der Waals surface area contributed by atoms with Gasteiger partial charge in [-0.2, -0.15) is 0 Å². The van der Waals surface area contributed by atoms with E-state index in [1.54, 1.807) is 4.90 Å². The number of nitrogens with zero attached hydrogens (tertiary/aromatic N) is 1. The molecule has 4 nitrogen and oxygen atoms in total. The Kier molecular flexibility index (Phi) is 3.72. The van der Waals surface area contributed by atoms with Gasteiger partial charge in [-0.1, -0.05) is 20.3 Å². The normalized spacial score (nSPS) is 24.3. The van der Waals surface area contributed by atoms with Gasteiger partial charge in [0.15, 0.2) is 0 Å². The molecule has 2 atom stereocenters. The lowest BCUT2D eigenvalue weighted by atomic mass is 9.95. The monoisotopic (exact) mass is 212 g/mol. The largest absolute Gasteiger partial charge is 0.342 e. The summed E-state index contributed by atoms with van der Waals surface area (Å²) in [5.74, 6) is 0.204. The summed E-state index contributed by atoms with van der Waals surface area (Å²) >= 11 is 0. The summed E-state index contributed by atoms with van der Waals surface area (Å²) in [4.78, 5) is 25.1. The van der Waals surface area contributed by atoms with Gasteiger partial charge in [-0.3, -0.25) is 9.59 Å². The van der Waals surface area contributed by atoms with Crippen molar-refractivity contribution in [3.8, 4) is 0 Å². The maximum Gasteiger partial charge on any atom is 0.246 e. The number of nitrogens with one attached hydrogen (secondary N) is 1. The van der Waals surface area contributed by atoms with E-state index in [4.69, 9.17) is 0 Å². The molecule has 0 spiro atoms. The number of carbonyl (C=O) groups excluding carboxylic acids is 2. The summed E-state index contributed by atoms with van der Waals surface area (Å²) in [6, 6.07) is -0.242. The number of hydrogen-bond acceptors (Lipinski definition) is 2. The smallest absolute Gasteiger partial charge is 0.246 e. The topological polar surface area (TPSA) is 49.4 Å². The minimum atomic E-state index is -0.335. The highest BCUT2D eigenvalue weighted by atomic mass is 16.2. The van der Waals surface area contributed by atoms with Crippen LogP contribution in [-0.2, 0) is 9.59 Å². The highest BCUT2D eigenvalue weighted by molar-refractivity contribution is 5.95. The molecule has 1 N–H and O–H groups in total. The van der Waals surface area contributed by atoms with Gasteiger partial charge in [0.05, 0.1) is 6.54 Å². The van der Waals surface area contributed by atoms with E-state index in [-0.39, 0.29) is 36.4 Å². The Morgan fingerprint density at radius 1 is 1.40 bits per heavy atom. The zero-order valence-corrected chi connectivity index (χ0v) is 9.91. The second-order valence-corrected chi connectivity index (χ2v) is 4.49. The van der Waals surface area contributed by atoms with E-state index in [1.165, 1.54) is 0 Å². The third kappa shape index (κ3) is 2.49. The average molecular weight is 212 g/mol. The third-order valence-corrected chi connectivity index (χ3v) is 3.02. The van der Waals surface area contributed by atoms with E-state index in [0.29, 0.717) is 0 Å². The number of piperazine rings is 1. The van der Waals surface area contributed by atoms with Crippen molar-refractivity contribution >= 4 is 11.8 Å². The Hall–Kier alpha value is -1.06. The summed E-state index contributed by atoms with van der Waals surface area (Å²) < 4.78 is 0. The van der Waals surface area contributed by atoms with Crippen molar-refractivity contribution in [3.05, 3.63) is 0 Å². The van der Waals surface area contributed by atoms with Gasteiger partial charge in [0.2, 0.25) is 11.8 Å². The molecule has 1 aliphatic heterocycles. The van der Waals surface area contributed by atoms with Crippen LogP contribution in [0.1, 0.15) is 34.1 Å². The molecule has 0 aromatic carbocycles. The molecule has 0 saturated carbocycles. The van der Waals surface area contributed by atoms with Crippen LogP contribution in [0.3, 0.4) is 0 Å². The first-order valence-corrected chi connectivity index (χ1v) is 5.57. The van der Waals surface area contributed by atoms with Gasteiger partial charge in [-0.15, -0.1) is 0 Å². The van der Waals surface area contributed by atoms with Crippen molar-refractivity contribution in [2.75, 3.05) is 6.54 Å². The van der Waals surface area contributed by atoms with Crippen molar-refractivity contribution < 1.29 is 9.59 Å². The summed E-state index contributed by atoms with van der Waals surface area (Å²) in [5, 5.41) is 2.77. The molecule has 4 heteroatoms. The van der Waals surface area contributed by atoms with Crippen molar-refractivity contribution in [1.82, 2.24) is 10.2 Å². The van der Waals surface area contributed by atoms with Crippen molar-refractivity contribution in [3.63, 3.8) is 0 Å². The fourth-order valence-electron chi connectivity index (χ4n) is 1.75. The van der Waals surface area contributed by atoms with Gasteiger partial charge >= 0.3 is 0 Å². The number of hydrogen-bond donors (Lipinski definition) is 1. The molecule has 1 fully saturated rings. The molecule has 0 aliphatic carbocycles. The van der Waals surface area contributed by atoms with E-state index >= 15 is 0 Å². The maximum absolute atomic E-state index is 12.0. The second-order valence-electron chi connectivity index (χ2n) is 4.49. The fraction of sp³-hybridized carbons (Fsp3) is 0.818. The standard InChI is InChI=1S/C11H20N2O2/c1-5-8(4)10-11(15)13(7(2)3)6-9(14)12-10/h7-8,10H,5-6H2,1-4H3,(H,12,14). The highest BCUT2D eigenvalue weighted by Gasteiger charge is 2.36. The lowest BCUT2D eigenvalue weighted by molar-refractivity contribution is -0.147. The molecule has 0 radical (unpaired) electrons. The van der Waals surface area contributed by atoms with Gasteiger partial charge < -0.3 is 10.2 Å². The first kappa shape index (κ1) is 12.0. The molecule has 2 unspecified atom stereocenters. The number of carbonyl (C=O) groups is 2. The van der Waals surface area contributed by atoms with Crippen LogP contribution in [-0.4, -0.2) is 35.3 Å². The Morgan fingerprint density at radius 2 is 2.00 bits per heavy atom. The fourth-order valence-corrected chi connectivity index (χ4v) is 1.75. The van der Waals surface area contributed by atoms with Crippen LogP contribution in [0.4, 0.5) is 0 Å². The predicted molar refractivity (Wildman–Crippen MR) is 58.2 cm³/mol. The van der Waals surface area contributed by atoms with Crippen molar-refractivity contribution in [2.24, 2.45) is 5.92 Å². The number of amides is 2. The van der Waals surface area contributed by atoms with Crippen LogP contribution in [0.5, 0.6) is 0 Å². The van der Waals surface area contributed by atoms with Crippen LogP contribution in [0.25, 0.3) is 0 Å². The van der Waals surface area contributed by atoms with Crippen LogP contribution >= 0.6 is 0 Å². The minimum Gasteiger partial charge on any atom is -0.342 e. The average Bonchev–Trinajstić information content (AvgIpc) is 2.19. The summed E-state index contributed by atoms with van der Waals surface area (Å²) in [6.07, 6.45) is 0.891. The molecule has 1 heterocycles. The molecular weight excluding hydrogens is 192 g/mol. The van der Waals surface area contributed by atoms with Crippen molar-refractivity contribution in [1.29, 1.82) is 0 Å². The quantitative estimate of drug-likeness (QED) is 0.751. The van der Waals surface area contributed by atoms with Crippen molar-refractivity contribution in [2.45, 2.75) is 46.2 Å². The zero-order valence-electron chi connectivity index (χ0n) is 9.91. The van der Waals surface area contributed by atoms with E-state index < -0.39 is 0 Å². The molecule has 86 valence electrons. The molecule has 1 rings (SSSR count). The lowest BCUT2D eigenvalue weighted by Crippen LogP contribution is -2.61. The predicted octanol–water partition coefficient (Wildman–Crippen LogP) is 0.768. The molecule has 1 aliphatic rings. The number of rotatable bonds is 3. The maximum atomic E-state index is 12.0. The zero-order chi connectivity index (χ0) is 11.6. The third-order valence-electron chi connectivity index (χ3n) is 3.02. The first-order valence-electron chi connectivity index (χ1n) is 5.57. The Balaban J connectivity index is 2.81. The lowest BCUT2D eigenvalue weighted by Gasteiger charge is -2.37. The van der Waals surface area contributed by atoms with E-state index in [2.05, 4.69) is 5.32 Å². The summed E-state index contributed by atoms with van der Waals surface area (Å²) in [6.45, 7) is 8.09. The minimum absolute atomic E-state index is 0.0476. The van der Waals surface area contributed by atoms with Gasteiger partial charge in [-0.25, -0.2) is 0 Å². The van der Waals surface area contributed by atoms with Gasteiger partial charge in [0.25, 0.3) is 0 Å². The molecule has 1 saturated heterocycles. The Bertz CT molecular complexity index is 263. The molecule has 15 heavy (non-hydrogen) atoms. The van der Waals surface area contributed by atoms with E-state index in [9.17, 15) is 9.59 Å². The van der Waals surface area contributed by atoms with E-state index in [0.717, 1.165) is 6.42 Å². The van der Waals surface area contributed by atoms with Crippen LogP contribution in [0.15, 0.2) is 0 Å². The molecule has 0 bridgehead atoms. The molecule has 0 aromatic heterocycles. The SMILES string of the molecule is CCC(C)C1NC(=O)CN(C(C)C)C1=O. The second kappa shape index (κ2) is 4.64. The van der Waals surface area contributed by atoms with Crippen LogP contribution < -0.4 is 5.32 Å². The summed E-state index contributed by atoms with van der Waals surface area (Å²) in [5.41, 5.74) is 0. The molecule has 0 aromatic rings. The van der Waals surface area contributed by atoms with E-state index in [1.807, 2.05) is 27.7 Å². The van der Waals surface area contributed by atoms with Crippen LogP contribution in [0.2, 0.25) is 0 Å².